The Morgan fingerprint density at radius 2 is 2.00 bits per heavy atom. The lowest BCUT2D eigenvalue weighted by molar-refractivity contribution is 0.0689. The van der Waals surface area contributed by atoms with Crippen LogP contribution in [0.15, 0.2) is 18.3 Å². The Labute approximate surface area is 117 Å². The number of pyridine rings is 1. The highest BCUT2D eigenvalue weighted by atomic mass is 16.4. The normalized spacial score (nSPS) is 12.8. The maximum absolute atomic E-state index is 11.8. The van der Waals surface area contributed by atoms with Crippen molar-refractivity contribution in [3.8, 4) is 0 Å². The minimum atomic E-state index is -1.14. The molecule has 1 heterocycles. The highest BCUT2D eigenvalue weighted by Gasteiger charge is 2.17. The molecule has 0 aromatic carbocycles. The van der Waals surface area contributed by atoms with Crippen LogP contribution in [0.3, 0.4) is 0 Å². The van der Waals surface area contributed by atoms with Crippen LogP contribution in [0.25, 0.3) is 0 Å². The third-order valence-corrected chi connectivity index (χ3v) is 2.59. The first-order valence-electron chi connectivity index (χ1n) is 6.34. The summed E-state index contributed by atoms with van der Waals surface area (Å²) in [6, 6.07) is 2.66. The molecule has 1 amide bonds. The Kier molecular flexibility index (Phi) is 5.21. The SMILES string of the molecule is CC(C)(C)CC(O)CNC(=O)c1ccc(C(=O)O)nc1. The minimum Gasteiger partial charge on any atom is -0.477 e. The molecule has 0 aliphatic carbocycles. The Bertz CT molecular complexity index is 477. The fourth-order valence-electron chi connectivity index (χ4n) is 1.75. The van der Waals surface area contributed by atoms with E-state index in [0.29, 0.717) is 6.42 Å². The number of aliphatic hydroxyl groups is 1. The summed E-state index contributed by atoms with van der Waals surface area (Å²) in [5, 5.41) is 21.1. The number of carboxylic acid groups (broad SMARTS) is 1. The lowest BCUT2D eigenvalue weighted by atomic mass is 9.89. The number of aromatic nitrogens is 1. The van der Waals surface area contributed by atoms with Gasteiger partial charge in [0, 0.05) is 12.7 Å². The molecule has 20 heavy (non-hydrogen) atoms. The number of hydrogen-bond donors (Lipinski definition) is 3. The van der Waals surface area contributed by atoms with Gasteiger partial charge >= 0.3 is 5.97 Å². The number of carboxylic acids is 1. The first kappa shape index (κ1) is 16.1. The van der Waals surface area contributed by atoms with Crippen molar-refractivity contribution >= 4 is 11.9 Å². The summed E-state index contributed by atoms with van der Waals surface area (Å²) in [4.78, 5) is 26.1. The van der Waals surface area contributed by atoms with Crippen LogP contribution in [0.5, 0.6) is 0 Å². The molecule has 1 aromatic rings. The van der Waals surface area contributed by atoms with E-state index in [0.717, 1.165) is 0 Å². The van der Waals surface area contributed by atoms with Crippen LogP contribution in [-0.2, 0) is 0 Å². The molecule has 0 saturated carbocycles. The predicted molar refractivity (Wildman–Crippen MR) is 73.6 cm³/mol. The first-order chi connectivity index (χ1) is 9.19. The summed E-state index contributed by atoms with van der Waals surface area (Å²) in [6.07, 6.45) is 1.16. The van der Waals surface area contributed by atoms with E-state index in [1.54, 1.807) is 0 Å². The van der Waals surface area contributed by atoms with Crippen molar-refractivity contribution in [1.29, 1.82) is 0 Å². The largest absolute Gasteiger partial charge is 0.477 e. The van der Waals surface area contributed by atoms with Crippen molar-refractivity contribution in [2.24, 2.45) is 5.41 Å². The van der Waals surface area contributed by atoms with E-state index < -0.39 is 12.1 Å². The monoisotopic (exact) mass is 280 g/mol. The van der Waals surface area contributed by atoms with E-state index in [9.17, 15) is 14.7 Å². The quantitative estimate of drug-likeness (QED) is 0.755. The summed E-state index contributed by atoms with van der Waals surface area (Å²) >= 11 is 0. The molecule has 110 valence electrons. The molecule has 0 bridgehead atoms. The fourth-order valence-corrected chi connectivity index (χ4v) is 1.75. The molecular formula is C14H20N2O4. The second kappa shape index (κ2) is 6.47. The number of nitrogens with zero attached hydrogens (tertiary/aromatic N) is 1. The number of amides is 1. The average Bonchev–Trinajstić information content (AvgIpc) is 2.34. The molecule has 0 spiro atoms. The van der Waals surface area contributed by atoms with Crippen molar-refractivity contribution in [2.75, 3.05) is 6.54 Å². The van der Waals surface area contributed by atoms with E-state index in [2.05, 4.69) is 10.3 Å². The second-order valence-electron chi connectivity index (χ2n) is 5.87. The van der Waals surface area contributed by atoms with Crippen LogP contribution in [0.2, 0.25) is 0 Å². The van der Waals surface area contributed by atoms with Crippen molar-refractivity contribution in [1.82, 2.24) is 10.3 Å². The third kappa shape index (κ3) is 5.36. The molecular weight excluding hydrogens is 260 g/mol. The van der Waals surface area contributed by atoms with Crippen molar-refractivity contribution < 1.29 is 19.8 Å². The lowest BCUT2D eigenvalue weighted by Gasteiger charge is -2.22. The zero-order chi connectivity index (χ0) is 15.3. The number of hydrogen-bond acceptors (Lipinski definition) is 4. The van der Waals surface area contributed by atoms with Crippen LogP contribution in [-0.4, -0.2) is 39.7 Å². The zero-order valence-corrected chi connectivity index (χ0v) is 11.9. The van der Waals surface area contributed by atoms with Crippen LogP contribution in [0, 0.1) is 5.41 Å². The van der Waals surface area contributed by atoms with E-state index in [4.69, 9.17) is 5.11 Å². The Morgan fingerprint density at radius 3 is 2.45 bits per heavy atom. The molecule has 0 saturated heterocycles. The Morgan fingerprint density at radius 1 is 1.35 bits per heavy atom. The van der Waals surface area contributed by atoms with Gasteiger partial charge in [0.2, 0.25) is 0 Å². The standard InChI is InChI=1S/C14H20N2O4/c1-14(2,3)6-10(17)8-16-12(18)9-4-5-11(13(19)20)15-7-9/h4-5,7,10,17H,6,8H2,1-3H3,(H,16,18)(H,19,20). The van der Waals surface area contributed by atoms with Crippen molar-refractivity contribution in [3.05, 3.63) is 29.6 Å². The highest BCUT2D eigenvalue weighted by molar-refractivity contribution is 5.94. The molecule has 6 heteroatoms. The topological polar surface area (TPSA) is 99.5 Å². The van der Waals surface area contributed by atoms with Crippen LogP contribution < -0.4 is 5.32 Å². The Hall–Kier alpha value is -1.95. The number of carbonyl (C=O) groups is 2. The second-order valence-corrected chi connectivity index (χ2v) is 5.87. The zero-order valence-electron chi connectivity index (χ0n) is 11.9. The summed E-state index contributed by atoms with van der Waals surface area (Å²) < 4.78 is 0. The molecule has 1 atom stereocenters. The van der Waals surface area contributed by atoms with Gasteiger partial charge in [0.1, 0.15) is 5.69 Å². The van der Waals surface area contributed by atoms with Gasteiger partial charge in [-0.25, -0.2) is 9.78 Å². The molecule has 0 fully saturated rings. The maximum atomic E-state index is 11.8. The first-order valence-corrected chi connectivity index (χ1v) is 6.34. The van der Waals surface area contributed by atoms with Crippen molar-refractivity contribution in [2.45, 2.75) is 33.3 Å². The van der Waals surface area contributed by atoms with E-state index in [1.807, 2.05) is 20.8 Å². The van der Waals surface area contributed by atoms with Crippen LogP contribution in [0.1, 0.15) is 48.0 Å². The average molecular weight is 280 g/mol. The van der Waals surface area contributed by atoms with E-state index in [1.165, 1.54) is 18.3 Å². The van der Waals surface area contributed by atoms with Gasteiger partial charge in [0.05, 0.1) is 11.7 Å². The smallest absolute Gasteiger partial charge is 0.354 e. The molecule has 1 unspecified atom stereocenters. The van der Waals surface area contributed by atoms with Gasteiger partial charge in [-0.1, -0.05) is 20.8 Å². The highest BCUT2D eigenvalue weighted by Crippen LogP contribution is 2.20. The molecule has 3 N–H and O–H groups in total. The third-order valence-electron chi connectivity index (χ3n) is 2.59. The number of carbonyl (C=O) groups excluding carboxylic acids is 1. The molecule has 0 aliphatic rings. The lowest BCUT2D eigenvalue weighted by Crippen LogP contribution is -2.34. The van der Waals surface area contributed by atoms with E-state index in [-0.39, 0.29) is 29.1 Å². The van der Waals surface area contributed by atoms with Crippen LogP contribution >= 0.6 is 0 Å². The molecule has 0 radical (unpaired) electrons. The van der Waals surface area contributed by atoms with Gasteiger partial charge in [0.25, 0.3) is 5.91 Å². The summed E-state index contributed by atoms with van der Waals surface area (Å²) in [5.74, 6) is -1.53. The number of aromatic carboxylic acids is 1. The molecule has 0 aliphatic heterocycles. The maximum Gasteiger partial charge on any atom is 0.354 e. The van der Waals surface area contributed by atoms with Gasteiger partial charge in [-0.05, 0) is 24.0 Å². The number of rotatable bonds is 5. The van der Waals surface area contributed by atoms with Gasteiger partial charge in [-0.2, -0.15) is 0 Å². The molecule has 1 aromatic heterocycles. The summed E-state index contributed by atoms with van der Waals surface area (Å²) in [7, 11) is 0. The summed E-state index contributed by atoms with van der Waals surface area (Å²) in [6.45, 7) is 6.17. The van der Waals surface area contributed by atoms with Gasteiger partial charge in [0.15, 0.2) is 0 Å². The van der Waals surface area contributed by atoms with Crippen molar-refractivity contribution in [3.63, 3.8) is 0 Å². The van der Waals surface area contributed by atoms with Gasteiger partial charge < -0.3 is 15.5 Å². The van der Waals surface area contributed by atoms with E-state index >= 15 is 0 Å². The van der Waals surface area contributed by atoms with Crippen LogP contribution in [0.4, 0.5) is 0 Å². The molecule has 1 rings (SSSR count). The predicted octanol–water partition coefficient (Wildman–Crippen LogP) is 1.31. The number of nitrogens with one attached hydrogen (secondary N) is 1. The Balaban J connectivity index is 2.53. The molecule has 6 nitrogen and oxygen atoms in total. The fraction of sp³-hybridized carbons (Fsp3) is 0.500. The van der Waals surface area contributed by atoms with Gasteiger partial charge in [-0.15, -0.1) is 0 Å². The summed E-state index contributed by atoms with van der Waals surface area (Å²) in [5.41, 5.74) is 0.127. The number of aliphatic hydroxyl groups excluding tert-OH is 1. The van der Waals surface area contributed by atoms with Gasteiger partial charge in [-0.3, -0.25) is 4.79 Å². The minimum absolute atomic E-state index is 0.0190.